The van der Waals surface area contributed by atoms with Crippen LogP contribution in [-0.4, -0.2) is 10.8 Å². The van der Waals surface area contributed by atoms with Crippen LogP contribution in [0.15, 0.2) is 42.6 Å². The fourth-order valence-electron chi connectivity index (χ4n) is 1.83. The van der Waals surface area contributed by atoms with Crippen LogP contribution in [0.2, 0.25) is 0 Å². The Balaban J connectivity index is 2.24. The molecular weight excluding hydrogens is 238 g/mol. The van der Waals surface area contributed by atoms with Crippen molar-refractivity contribution in [2.75, 3.05) is 0 Å². The van der Waals surface area contributed by atoms with E-state index < -0.39 is 0 Å². The van der Waals surface area contributed by atoms with Crippen molar-refractivity contribution in [3.63, 3.8) is 0 Å². The molecule has 0 fully saturated rings. The van der Waals surface area contributed by atoms with E-state index in [0.29, 0.717) is 17.4 Å². The fourth-order valence-corrected chi connectivity index (χ4v) is 1.83. The number of para-hydroxylation sites is 1. The molecule has 98 valence electrons. The van der Waals surface area contributed by atoms with Gasteiger partial charge in [-0.1, -0.05) is 32.0 Å². The van der Waals surface area contributed by atoms with Gasteiger partial charge >= 0.3 is 0 Å². The largest absolute Gasteiger partial charge is 0.455 e. The lowest BCUT2D eigenvalue weighted by Gasteiger charge is -2.13. The Morgan fingerprint density at radius 2 is 1.89 bits per heavy atom. The highest BCUT2D eigenvalue weighted by Gasteiger charge is 2.08. The number of aromatic nitrogens is 1. The highest BCUT2D eigenvalue weighted by atomic mass is 16.5. The van der Waals surface area contributed by atoms with E-state index in [1.165, 1.54) is 6.92 Å². The quantitative estimate of drug-likeness (QED) is 0.768. The van der Waals surface area contributed by atoms with Gasteiger partial charge in [-0.25, -0.2) is 4.98 Å². The number of hydrogen-bond acceptors (Lipinski definition) is 3. The average Bonchev–Trinajstić information content (AvgIpc) is 2.39. The standard InChI is InChI=1S/C16H17NO2/c1-11(2)14-6-4-5-7-16(14)19-13-8-9-15(12(3)18)17-10-13/h4-11H,1-3H3. The van der Waals surface area contributed by atoms with E-state index in [1.54, 1.807) is 18.3 Å². The maximum Gasteiger partial charge on any atom is 0.178 e. The molecule has 0 bridgehead atoms. The molecule has 3 heteroatoms. The second-order valence-corrected chi connectivity index (χ2v) is 4.73. The van der Waals surface area contributed by atoms with Crippen LogP contribution < -0.4 is 4.74 Å². The van der Waals surface area contributed by atoms with Gasteiger partial charge in [0.2, 0.25) is 0 Å². The average molecular weight is 255 g/mol. The number of Topliss-reactive ketones (excluding diaryl/α,β-unsaturated/α-hetero) is 1. The minimum Gasteiger partial charge on any atom is -0.455 e. The number of carbonyl (C=O) groups excluding carboxylic acids is 1. The Bertz CT molecular complexity index is 574. The van der Waals surface area contributed by atoms with Gasteiger partial charge in [-0.2, -0.15) is 0 Å². The van der Waals surface area contributed by atoms with Crippen LogP contribution >= 0.6 is 0 Å². The summed E-state index contributed by atoms with van der Waals surface area (Å²) in [6, 6.07) is 11.4. The zero-order valence-corrected chi connectivity index (χ0v) is 11.4. The summed E-state index contributed by atoms with van der Waals surface area (Å²) in [7, 11) is 0. The van der Waals surface area contributed by atoms with Crippen LogP contribution in [0.25, 0.3) is 0 Å². The van der Waals surface area contributed by atoms with Crippen molar-refractivity contribution in [1.29, 1.82) is 0 Å². The molecule has 1 aromatic heterocycles. The number of nitrogens with zero attached hydrogens (tertiary/aromatic N) is 1. The van der Waals surface area contributed by atoms with E-state index in [0.717, 1.165) is 11.3 Å². The molecule has 0 saturated carbocycles. The minimum absolute atomic E-state index is 0.0471. The van der Waals surface area contributed by atoms with Crippen LogP contribution in [0, 0.1) is 0 Å². The van der Waals surface area contributed by atoms with Gasteiger partial charge in [-0.3, -0.25) is 4.79 Å². The number of pyridine rings is 1. The Morgan fingerprint density at radius 3 is 2.47 bits per heavy atom. The lowest BCUT2D eigenvalue weighted by molar-refractivity contribution is 0.101. The van der Waals surface area contributed by atoms with Gasteiger partial charge < -0.3 is 4.74 Å². The third kappa shape index (κ3) is 3.19. The molecule has 0 aliphatic rings. The molecule has 0 atom stereocenters. The van der Waals surface area contributed by atoms with Gasteiger partial charge in [0.05, 0.1) is 6.20 Å². The molecule has 1 heterocycles. The fraction of sp³-hybridized carbons (Fsp3) is 0.250. The molecule has 0 amide bonds. The number of benzene rings is 1. The normalized spacial score (nSPS) is 10.5. The lowest BCUT2D eigenvalue weighted by Crippen LogP contribution is -1.97. The highest BCUT2D eigenvalue weighted by molar-refractivity contribution is 5.92. The summed E-state index contributed by atoms with van der Waals surface area (Å²) in [6.45, 7) is 5.75. The van der Waals surface area contributed by atoms with Crippen molar-refractivity contribution in [2.45, 2.75) is 26.7 Å². The second-order valence-electron chi connectivity index (χ2n) is 4.73. The van der Waals surface area contributed by atoms with Gasteiger partial charge in [-0.15, -0.1) is 0 Å². The SMILES string of the molecule is CC(=O)c1ccc(Oc2ccccc2C(C)C)cn1. The Hall–Kier alpha value is -2.16. The van der Waals surface area contributed by atoms with E-state index in [2.05, 4.69) is 24.9 Å². The van der Waals surface area contributed by atoms with E-state index in [9.17, 15) is 4.79 Å². The molecule has 2 aromatic rings. The first-order valence-corrected chi connectivity index (χ1v) is 6.31. The molecule has 1 aromatic carbocycles. The Labute approximate surface area is 113 Å². The maximum absolute atomic E-state index is 11.2. The molecule has 0 saturated heterocycles. The number of ether oxygens (including phenoxy) is 1. The molecule has 0 N–H and O–H groups in total. The van der Waals surface area contributed by atoms with Crippen molar-refractivity contribution in [3.05, 3.63) is 53.9 Å². The van der Waals surface area contributed by atoms with Crippen LogP contribution in [0.4, 0.5) is 0 Å². The molecule has 2 rings (SSSR count). The molecular formula is C16H17NO2. The van der Waals surface area contributed by atoms with Gasteiger partial charge in [0.15, 0.2) is 5.78 Å². The van der Waals surface area contributed by atoms with Gasteiger partial charge in [-0.05, 0) is 29.7 Å². The highest BCUT2D eigenvalue weighted by Crippen LogP contribution is 2.29. The molecule has 19 heavy (non-hydrogen) atoms. The molecule has 0 aliphatic heterocycles. The molecule has 0 radical (unpaired) electrons. The van der Waals surface area contributed by atoms with E-state index in [1.807, 2.05) is 18.2 Å². The van der Waals surface area contributed by atoms with Crippen LogP contribution in [-0.2, 0) is 0 Å². The summed E-state index contributed by atoms with van der Waals surface area (Å²) in [6.07, 6.45) is 1.58. The van der Waals surface area contributed by atoms with E-state index >= 15 is 0 Å². The number of hydrogen-bond donors (Lipinski definition) is 0. The Morgan fingerprint density at radius 1 is 1.16 bits per heavy atom. The first-order valence-electron chi connectivity index (χ1n) is 6.31. The zero-order valence-electron chi connectivity index (χ0n) is 11.4. The molecule has 0 spiro atoms. The first-order chi connectivity index (χ1) is 9.08. The van der Waals surface area contributed by atoms with E-state index in [-0.39, 0.29) is 5.78 Å². The number of rotatable bonds is 4. The maximum atomic E-state index is 11.2. The molecule has 3 nitrogen and oxygen atoms in total. The summed E-state index contributed by atoms with van der Waals surface area (Å²) in [4.78, 5) is 15.2. The summed E-state index contributed by atoms with van der Waals surface area (Å²) in [5.74, 6) is 1.81. The van der Waals surface area contributed by atoms with Crippen molar-refractivity contribution < 1.29 is 9.53 Å². The van der Waals surface area contributed by atoms with Gasteiger partial charge in [0, 0.05) is 6.92 Å². The summed E-state index contributed by atoms with van der Waals surface area (Å²) >= 11 is 0. The van der Waals surface area contributed by atoms with Crippen molar-refractivity contribution in [1.82, 2.24) is 4.98 Å². The smallest absolute Gasteiger partial charge is 0.178 e. The molecule has 0 aliphatic carbocycles. The van der Waals surface area contributed by atoms with Gasteiger partial charge in [0.25, 0.3) is 0 Å². The van der Waals surface area contributed by atoms with Gasteiger partial charge in [0.1, 0.15) is 17.2 Å². The van der Waals surface area contributed by atoms with Crippen LogP contribution in [0.1, 0.15) is 42.7 Å². The predicted octanol–water partition coefficient (Wildman–Crippen LogP) is 4.20. The Kier molecular flexibility index (Phi) is 3.95. The first kappa shape index (κ1) is 13.3. The zero-order chi connectivity index (χ0) is 13.8. The molecule has 0 unspecified atom stereocenters. The third-order valence-corrected chi connectivity index (χ3v) is 2.87. The third-order valence-electron chi connectivity index (χ3n) is 2.87. The predicted molar refractivity (Wildman–Crippen MR) is 74.8 cm³/mol. The van der Waals surface area contributed by atoms with E-state index in [4.69, 9.17) is 4.74 Å². The summed E-state index contributed by atoms with van der Waals surface area (Å²) in [5, 5.41) is 0. The van der Waals surface area contributed by atoms with Crippen molar-refractivity contribution in [3.8, 4) is 11.5 Å². The lowest BCUT2D eigenvalue weighted by atomic mass is 10.0. The number of carbonyl (C=O) groups is 1. The summed E-state index contributed by atoms with van der Waals surface area (Å²) in [5.41, 5.74) is 1.60. The van der Waals surface area contributed by atoms with Crippen molar-refractivity contribution in [2.24, 2.45) is 0 Å². The topological polar surface area (TPSA) is 39.2 Å². The summed E-state index contributed by atoms with van der Waals surface area (Å²) < 4.78 is 5.83. The second kappa shape index (κ2) is 5.65. The number of ketones is 1. The van der Waals surface area contributed by atoms with Crippen molar-refractivity contribution >= 4 is 5.78 Å². The van der Waals surface area contributed by atoms with Crippen LogP contribution in [0.3, 0.4) is 0 Å². The monoisotopic (exact) mass is 255 g/mol. The van der Waals surface area contributed by atoms with Crippen LogP contribution in [0.5, 0.6) is 11.5 Å². The minimum atomic E-state index is -0.0471.